The lowest BCUT2D eigenvalue weighted by molar-refractivity contribution is 0.148. The fourth-order valence-electron chi connectivity index (χ4n) is 2.11. The third kappa shape index (κ3) is 4.94. The topological polar surface area (TPSA) is 20.2 Å². The molecular formula is C10H24OSi. The molecule has 0 aliphatic carbocycles. The van der Waals surface area contributed by atoms with Crippen LogP contribution in [0.3, 0.4) is 0 Å². The largest absolute Gasteiger partial charge is 0.396 e. The molecule has 2 heteroatoms. The zero-order chi connectivity index (χ0) is 9.83. The van der Waals surface area contributed by atoms with Gasteiger partial charge in [-0.05, 0) is 11.8 Å². The Morgan fingerprint density at radius 3 is 2.00 bits per heavy atom. The van der Waals surface area contributed by atoms with Crippen LogP contribution in [0.15, 0.2) is 0 Å². The van der Waals surface area contributed by atoms with Gasteiger partial charge < -0.3 is 5.11 Å². The van der Waals surface area contributed by atoms with E-state index < -0.39 is 8.07 Å². The molecule has 0 amide bonds. The first-order valence-electron chi connectivity index (χ1n) is 4.94. The van der Waals surface area contributed by atoms with Crippen molar-refractivity contribution in [1.82, 2.24) is 0 Å². The number of hydrogen-bond acceptors (Lipinski definition) is 1. The van der Waals surface area contributed by atoms with Gasteiger partial charge in [-0.25, -0.2) is 0 Å². The minimum Gasteiger partial charge on any atom is -0.396 e. The lowest BCUT2D eigenvalue weighted by Gasteiger charge is -2.33. The Morgan fingerprint density at radius 2 is 1.75 bits per heavy atom. The smallest absolute Gasteiger partial charge is 0.0482 e. The SMILES string of the molecule is CCCC(C)(CO)C[Si](C)(C)C. The third-order valence-electron chi connectivity index (χ3n) is 2.19. The van der Waals surface area contributed by atoms with Crippen LogP contribution in [0.2, 0.25) is 25.7 Å². The van der Waals surface area contributed by atoms with Gasteiger partial charge >= 0.3 is 0 Å². The predicted octanol–water partition coefficient (Wildman–Crippen LogP) is 3.12. The van der Waals surface area contributed by atoms with Crippen LogP contribution in [0.4, 0.5) is 0 Å². The van der Waals surface area contributed by atoms with E-state index in [1.165, 1.54) is 12.5 Å². The fraction of sp³-hybridized carbons (Fsp3) is 1.00. The van der Waals surface area contributed by atoms with Crippen molar-refractivity contribution in [2.24, 2.45) is 5.41 Å². The Hall–Kier alpha value is 0.177. The number of hydrogen-bond donors (Lipinski definition) is 1. The minimum atomic E-state index is -1.01. The summed E-state index contributed by atoms with van der Waals surface area (Å²) >= 11 is 0. The second-order valence-corrected chi connectivity index (χ2v) is 10.9. The maximum atomic E-state index is 9.30. The first kappa shape index (κ1) is 12.2. The standard InChI is InChI=1S/C10H24OSi/c1-6-7-10(2,8-11)9-12(3,4)5/h11H,6-9H2,1-5H3. The maximum absolute atomic E-state index is 9.30. The summed E-state index contributed by atoms with van der Waals surface area (Å²) in [4.78, 5) is 0. The van der Waals surface area contributed by atoms with E-state index in [4.69, 9.17) is 0 Å². The van der Waals surface area contributed by atoms with E-state index in [1.54, 1.807) is 0 Å². The van der Waals surface area contributed by atoms with Gasteiger partial charge in [0, 0.05) is 14.7 Å². The molecule has 0 aromatic heterocycles. The van der Waals surface area contributed by atoms with Crippen molar-refractivity contribution in [3.63, 3.8) is 0 Å². The lowest BCUT2D eigenvalue weighted by Crippen LogP contribution is -2.33. The molecule has 74 valence electrons. The molecule has 0 aliphatic heterocycles. The fourth-order valence-corrected chi connectivity index (χ4v) is 4.96. The Morgan fingerprint density at radius 1 is 1.25 bits per heavy atom. The first-order chi connectivity index (χ1) is 5.33. The molecule has 0 bridgehead atoms. The molecule has 0 saturated carbocycles. The van der Waals surface area contributed by atoms with Crippen molar-refractivity contribution in [2.75, 3.05) is 6.61 Å². The van der Waals surface area contributed by atoms with Gasteiger partial charge in [0.2, 0.25) is 0 Å². The summed E-state index contributed by atoms with van der Waals surface area (Å²) in [6, 6.07) is 1.24. The second-order valence-electron chi connectivity index (χ2n) is 5.46. The van der Waals surface area contributed by atoms with Crippen LogP contribution < -0.4 is 0 Å². The molecule has 0 aromatic rings. The molecule has 0 radical (unpaired) electrons. The van der Waals surface area contributed by atoms with Crippen molar-refractivity contribution >= 4 is 8.07 Å². The molecule has 0 rings (SSSR count). The highest BCUT2D eigenvalue weighted by Crippen LogP contribution is 2.32. The monoisotopic (exact) mass is 188 g/mol. The van der Waals surface area contributed by atoms with E-state index in [2.05, 4.69) is 33.5 Å². The summed E-state index contributed by atoms with van der Waals surface area (Å²) in [5.74, 6) is 0. The van der Waals surface area contributed by atoms with Crippen LogP contribution in [0.1, 0.15) is 26.7 Å². The molecule has 0 saturated heterocycles. The average Bonchev–Trinajstić information content (AvgIpc) is 1.84. The molecule has 0 heterocycles. The average molecular weight is 188 g/mol. The van der Waals surface area contributed by atoms with E-state index in [0.717, 1.165) is 6.42 Å². The predicted molar refractivity (Wildman–Crippen MR) is 58.3 cm³/mol. The number of aliphatic hydroxyl groups is 1. The van der Waals surface area contributed by atoms with Crippen LogP contribution in [-0.4, -0.2) is 19.8 Å². The highest BCUT2D eigenvalue weighted by molar-refractivity contribution is 6.76. The third-order valence-corrected chi connectivity index (χ3v) is 4.11. The van der Waals surface area contributed by atoms with Gasteiger partial charge in [0.05, 0.1) is 0 Å². The molecule has 12 heavy (non-hydrogen) atoms. The van der Waals surface area contributed by atoms with Crippen LogP contribution in [0.25, 0.3) is 0 Å². The molecule has 1 atom stereocenters. The normalized spacial score (nSPS) is 17.5. The van der Waals surface area contributed by atoms with E-state index in [1.807, 2.05) is 0 Å². The summed E-state index contributed by atoms with van der Waals surface area (Å²) in [6.07, 6.45) is 2.34. The zero-order valence-corrected chi connectivity index (χ0v) is 10.3. The van der Waals surface area contributed by atoms with Crippen LogP contribution in [0, 0.1) is 5.41 Å². The summed E-state index contributed by atoms with van der Waals surface area (Å²) < 4.78 is 0. The van der Waals surface area contributed by atoms with E-state index >= 15 is 0 Å². The van der Waals surface area contributed by atoms with Gasteiger partial charge in [0.15, 0.2) is 0 Å². The number of aliphatic hydroxyl groups excluding tert-OH is 1. The summed E-state index contributed by atoms with van der Waals surface area (Å²) in [5.41, 5.74) is 0.194. The van der Waals surface area contributed by atoms with Crippen LogP contribution in [0.5, 0.6) is 0 Å². The second kappa shape index (κ2) is 4.42. The maximum Gasteiger partial charge on any atom is 0.0482 e. The lowest BCUT2D eigenvalue weighted by atomic mass is 9.89. The van der Waals surface area contributed by atoms with Crippen molar-refractivity contribution < 1.29 is 5.11 Å². The summed E-state index contributed by atoms with van der Waals surface area (Å²) in [6.45, 7) is 11.9. The first-order valence-corrected chi connectivity index (χ1v) is 8.64. The highest BCUT2D eigenvalue weighted by Gasteiger charge is 2.29. The van der Waals surface area contributed by atoms with Crippen molar-refractivity contribution in [1.29, 1.82) is 0 Å². The Kier molecular flexibility index (Phi) is 4.49. The zero-order valence-electron chi connectivity index (χ0n) is 9.28. The van der Waals surface area contributed by atoms with Crippen molar-refractivity contribution in [3.05, 3.63) is 0 Å². The van der Waals surface area contributed by atoms with Crippen molar-refractivity contribution in [3.8, 4) is 0 Å². The molecule has 0 aromatic carbocycles. The molecule has 1 unspecified atom stereocenters. The Balaban J connectivity index is 4.14. The van der Waals surface area contributed by atoms with E-state index in [0.29, 0.717) is 6.61 Å². The molecule has 0 fully saturated rings. The minimum absolute atomic E-state index is 0.194. The Labute approximate surface area is 78.2 Å². The van der Waals surface area contributed by atoms with E-state index in [9.17, 15) is 5.11 Å². The van der Waals surface area contributed by atoms with Gasteiger partial charge in [-0.15, -0.1) is 0 Å². The van der Waals surface area contributed by atoms with E-state index in [-0.39, 0.29) is 5.41 Å². The summed E-state index contributed by atoms with van der Waals surface area (Å²) in [7, 11) is -1.01. The van der Waals surface area contributed by atoms with Crippen molar-refractivity contribution in [2.45, 2.75) is 52.4 Å². The highest BCUT2D eigenvalue weighted by atomic mass is 28.3. The molecule has 0 spiro atoms. The molecular weight excluding hydrogens is 164 g/mol. The quantitative estimate of drug-likeness (QED) is 0.657. The van der Waals surface area contributed by atoms with Crippen LogP contribution in [-0.2, 0) is 0 Å². The Bertz CT molecular complexity index is 128. The van der Waals surface area contributed by atoms with Gasteiger partial charge in [-0.1, -0.05) is 46.0 Å². The summed E-state index contributed by atoms with van der Waals surface area (Å²) in [5, 5.41) is 9.30. The molecule has 1 N–H and O–H groups in total. The molecule has 1 nitrogen and oxygen atoms in total. The van der Waals surface area contributed by atoms with Crippen LogP contribution >= 0.6 is 0 Å². The van der Waals surface area contributed by atoms with Gasteiger partial charge in [0.25, 0.3) is 0 Å². The van der Waals surface area contributed by atoms with Gasteiger partial charge in [-0.3, -0.25) is 0 Å². The molecule has 0 aliphatic rings. The number of rotatable bonds is 5. The van der Waals surface area contributed by atoms with Gasteiger partial charge in [-0.2, -0.15) is 0 Å². The van der Waals surface area contributed by atoms with Gasteiger partial charge in [0.1, 0.15) is 0 Å².